The quantitative estimate of drug-likeness (QED) is 0.293. The molecule has 0 amide bonds. The normalized spacial score (nSPS) is 13.4. The Kier molecular flexibility index (Phi) is 5.92. The summed E-state index contributed by atoms with van der Waals surface area (Å²) in [7, 11) is 0. The van der Waals surface area contributed by atoms with E-state index in [1.54, 1.807) is 6.07 Å². The van der Waals surface area contributed by atoms with Crippen LogP contribution in [0.4, 0.5) is 26.3 Å². The summed E-state index contributed by atoms with van der Waals surface area (Å²) < 4.78 is 81.2. The highest BCUT2D eigenvalue weighted by atomic mass is 32.2. The maximum absolute atomic E-state index is 13.7. The molecular weight excluding hydrogens is 446 g/mol. The van der Waals surface area contributed by atoms with Gasteiger partial charge in [0, 0.05) is 0 Å². The van der Waals surface area contributed by atoms with Crippen LogP contribution in [-0.4, -0.2) is 20.6 Å². The number of hydrogen-bond acceptors (Lipinski definition) is 4. The highest BCUT2D eigenvalue weighted by molar-refractivity contribution is 8.00. The van der Waals surface area contributed by atoms with Crippen molar-refractivity contribution in [2.45, 2.75) is 36.6 Å². The third-order valence-corrected chi connectivity index (χ3v) is 5.64. The van der Waals surface area contributed by atoms with Crippen LogP contribution in [0.1, 0.15) is 25.0 Å². The van der Waals surface area contributed by atoms with Crippen molar-refractivity contribution < 1.29 is 31.1 Å². The number of carbonyl (C=O) groups is 1. The standard InChI is InChI=1S/C20H14F6N2O2S/c1-10(29)11(2)31-18-27-15-6-4-3-5-13(15)17(30)28(18)16-9-12(19(21,22)23)7-8-14(16)20(24,25)26/h3-9,11H,1-2H3. The number of halogens is 6. The number of ketones is 1. The largest absolute Gasteiger partial charge is 0.418 e. The van der Waals surface area contributed by atoms with E-state index in [1.165, 1.54) is 32.0 Å². The maximum Gasteiger partial charge on any atom is 0.418 e. The number of benzene rings is 2. The Hall–Kier alpha value is -2.82. The third-order valence-electron chi connectivity index (χ3n) is 4.47. The van der Waals surface area contributed by atoms with Crippen molar-refractivity contribution in [3.63, 3.8) is 0 Å². The zero-order valence-electron chi connectivity index (χ0n) is 16.0. The van der Waals surface area contributed by atoms with E-state index in [2.05, 4.69) is 4.98 Å². The molecule has 31 heavy (non-hydrogen) atoms. The van der Waals surface area contributed by atoms with Gasteiger partial charge in [0.25, 0.3) is 5.56 Å². The smallest absolute Gasteiger partial charge is 0.299 e. The summed E-state index contributed by atoms with van der Waals surface area (Å²) in [5, 5.41) is -1.21. The van der Waals surface area contributed by atoms with Crippen molar-refractivity contribution in [2.75, 3.05) is 0 Å². The van der Waals surface area contributed by atoms with Gasteiger partial charge in [-0.25, -0.2) is 4.98 Å². The fourth-order valence-electron chi connectivity index (χ4n) is 2.78. The third kappa shape index (κ3) is 4.60. The lowest BCUT2D eigenvalue weighted by Crippen LogP contribution is -2.26. The minimum atomic E-state index is -5.04. The van der Waals surface area contributed by atoms with Gasteiger partial charge < -0.3 is 0 Å². The molecule has 0 aliphatic heterocycles. The Balaban J connectivity index is 2.44. The zero-order valence-corrected chi connectivity index (χ0v) is 16.8. The average molecular weight is 460 g/mol. The molecule has 0 saturated heterocycles. The Morgan fingerprint density at radius 1 is 1.03 bits per heavy atom. The molecule has 164 valence electrons. The first-order valence-electron chi connectivity index (χ1n) is 8.78. The van der Waals surface area contributed by atoms with Gasteiger partial charge in [-0.1, -0.05) is 23.9 Å². The Labute approximate surface area is 175 Å². The van der Waals surface area contributed by atoms with E-state index in [9.17, 15) is 35.9 Å². The van der Waals surface area contributed by atoms with Crippen molar-refractivity contribution >= 4 is 28.4 Å². The van der Waals surface area contributed by atoms with Crippen LogP contribution in [0.2, 0.25) is 0 Å². The van der Waals surface area contributed by atoms with Gasteiger partial charge in [0.05, 0.1) is 33.0 Å². The van der Waals surface area contributed by atoms with Gasteiger partial charge in [-0.2, -0.15) is 26.3 Å². The molecule has 1 aromatic heterocycles. The molecular formula is C20H14F6N2O2S. The van der Waals surface area contributed by atoms with Crippen LogP contribution in [-0.2, 0) is 17.1 Å². The summed E-state index contributed by atoms with van der Waals surface area (Å²) in [5.41, 5.74) is -4.64. The van der Waals surface area contributed by atoms with Gasteiger partial charge >= 0.3 is 12.4 Å². The number of para-hydroxylation sites is 1. The lowest BCUT2D eigenvalue weighted by atomic mass is 10.1. The fraction of sp³-hybridized carbons (Fsp3) is 0.250. The van der Waals surface area contributed by atoms with Crippen LogP contribution >= 0.6 is 11.8 Å². The molecule has 1 unspecified atom stereocenters. The molecule has 1 heterocycles. The average Bonchev–Trinajstić information content (AvgIpc) is 2.66. The van der Waals surface area contributed by atoms with Crippen LogP contribution in [0.5, 0.6) is 0 Å². The molecule has 0 N–H and O–H groups in total. The van der Waals surface area contributed by atoms with Gasteiger partial charge in [-0.15, -0.1) is 0 Å². The molecule has 3 aromatic rings. The molecule has 0 saturated carbocycles. The summed E-state index contributed by atoms with van der Waals surface area (Å²) in [6, 6.07) is 6.61. The molecule has 0 bridgehead atoms. The van der Waals surface area contributed by atoms with E-state index in [0.717, 1.165) is 0 Å². The predicted octanol–water partition coefficient (Wildman–Crippen LogP) is 5.49. The molecule has 4 nitrogen and oxygen atoms in total. The summed E-state index contributed by atoms with van der Waals surface area (Å²) >= 11 is 0.689. The molecule has 0 spiro atoms. The van der Waals surface area contributed by atoms with Crippen LogP contribution in [0.3, 0.4) is 0 Å². The minimum Gasteiger partial charge on any atom is -0.299 e. The lowest BCUT2D eigenvalue weighted by molar-refractivity contribution is -0.141. The number of Topliss-reactive ketones (excluding diaryl/α,β-unsaturated/α-hetero) is 1. The van der Waals surface area contributed by atoms with Gasteiger partial charge in [0.2, 0.25) is 0 Å². The summed E-state index contributed by atoms with van der Waals surface area (Å²) in [6.07, 6.45) is -9.98. The van der Waals surface area contributed by atoms with Crippen molar-refractivity contribution in [1.29, 1.82) is 0 Å². The number of carbonyl (C=O) groups excluding carboxylic acids is 1. The first-order valence-corrected chi connectivity index (χ1v) is 9.66. The molecule has 2 aromatic carbocycles. The van der Waals surface area contributed by atoms with Crippen molar-refractivity contribution in [2.24, 2.45) is 0 Å². The molecule has 11 heteroatoms. The van der Waals surface area contributed by atoms with E-state index in [1.807, 2.05) is 0 Å². The monoisotopic (exact) mass is 460 g/mol. The summed E-state index contributed by atoms with van der Waals surface area (Å²) in [5.74, 6) is -0.348. The SMILES string of the molecule is CC(=O)C(C)Sc1nc2ccccc2c(=O)n1-c1cc(C(F)(F)F)ccc1C(F)(F)F. The lowest BCUT2D eigenvalue weighted by Gasteiger charge is -2.20. The van der Waals surface area contributed by atoms with E-state index < -0.39 is 40.0 Å². The van der Waals surface area contributed by atoms with E-state index in [0.29, 0.717) is 22.4 Å². The number of aromatic nitrogens is 2. The molecule has 0 fully saturated rings. The number of nitrogens with zero attached hydrogens (tertiary/aromatic N) is 2. The van der Waals surface area contributed by atoms with E-state index in [-0.39, 0.29) is 34.0 Å². The highest BCUT2D eigenvalue weighted by Gasteiger charge is 2.38. The molecule has 0 aliphatic carbocycles. The number of hydrogen-bond donors (Lipinski definition) is 0. The first kappa shape index (κ1) is 22.9. The predicted molar refractivity (Wildman–Crippen MR) is 103 cm³/mol. The Bertz CT molecular complexity index is 1220. The van der Waals surface area contributed by atoms with Crippen LogP contribution < -0.4 is 5.56 Å². The zero-order chi connectivity index (χ0) is 23.1. The van der Waals surface area contributed by atoms with Crippen LogP contribution in [0.15, 0.2) is 52.4 Å². The van der Waals surface area contributed by atoms with E-state index in [4.69, 9.17) is 0 Å². The van der Waals surface area contributed by atoms with Gasteiger partial charge in [0.15, 0.2) is 5.16 Å². The minimum absolute atomic E-state index is 0.0761. The number of fused-ring (bicyclic) bond motifs is 1. The summed E-state index contributed by atoms with van der Waals surface area (Å²) in [6.45, 7) is 2.70. The highest BCUT2D eigenvalue weighted by Crippen LogP contribution is 2.39. The van der Waals surface area contributed by atoms with Crippen molar-refractivity contribution in [3.05, 3.63) is 63.9 Å². The second-order valence-electron chi connectivity index (χ2n) is 6.65. The molecule has 0 radical (unpaired) electrons. The van der Waals surface area contributed by atoms with Gasteiger partial charge in [0.1, 0.15) is 5.78 Å². The fourth-order valence-corrected chi connectivity index (χ4v) is 3.70. The molecule has 0 aliphatic rings. The van der Waals surface area contributed by atoms with Crippen molar-refractivity contribution in [3.8, 4) is 5.69 Å². The molecule has 1 atom stereocenters. The second kappa shape index (κ2) is 8.03. The van der Waals surface area contributed by atoms with Crippen LogP contribution in [0.25, 0.3) is 16.6 Å². The maximum atomic E-state index is 13.7. The van der Waals surface area contributed by atoms with Gasteiger partial charge in [-0.05, 0) is 44.2 Å². The Morgan fingerprint density at radius 2 is 1.68 bits per heavy atom. The van der Waals surface area contributed by atoms with E-state index >= 15 is 0 Å². The van der Waals surface area contributed by atoms with Crippen molar-refractivity contribution in [1.82, 2.24) is 9.55 Å². The number of rotatable bonds is 4. The number of alkyl halides is 6. The second-order valence-corrected chi connectivity index (χ2v) is 7.96. The topological polar surface area (TPSA) is 52.0 Å². The van der Waals surface area contributed by atoms with Gasteiger partial charge in [-0.3, -0.25) is 14.2 Å². The Morgan fingerprint density at radius 3 is 2.26 bits per heavy atom. The van der Waals surface area contributed by atoms with Crippen LogP contribution in [0, 0.1) is 0 Å². The first-order chi connectivity index (χ1) is 14.3. The molecule has 3 rings (SSSR count). The number of thioether (sulfide) groups is 1. The summed E-state index contributed by atoms with van der Waals surface area (Å²) in [4.78, 5) is 29.0.